The topological polar surface area (TPSA) is 102 Å². The Labute approximate surface area is 192 Å². The molecule has 0 fully saturated rings. The Morgan fingerprint density at radius 1 is 0.903 bits per heavy atom. The van der Waals surface area contributed by atoms with Crippen LogP contribution in [-0.2, 0) is 4.79 Å². The number of nitrogens with zero attached hydrogens (tertiary/aromatic N) is 1. The fraction of sp³-hybridized carbons (Fsp3) is 0.920. The molecule has 0 aromatic rings. The molecule has 0 aliphatic carbocycles. The number of rotatable bonds is 21. The van der Waals surface area contributed by atoms with Gasteiger partial charge < -0.3 is 16.2 Å². The Morgan fingerprint density at radius 2 is 1.32 bits per heavy atom. The normalized spacial score (nSPS) is 14.4. The highest BCUT2D eigenvalue weighted by molar-refractivity contribution is 5.78. The summed E-state index contributed by atoms with van der Waals surface area (Å²) in [5, 5.41) is 20.0. The van der Waals surface area contributed by atoms with Crippen molar-refractivity contribution in [1.29, 1.82) is 5.41 Å². The van der Waals surface area contributed by atoms with Crippen LogP contribution in [0, 0.1) is 11.3 Å². The molecule has 6 heteroatoms. The van der Waals surface area contributed by atoms with Crippen LogP contribution in [0.2, 0.25) is 0 Å². The fourth-order valence-corrected chi connectivity index (χ4v) is 4.40. The predicted molar refractivity (Wildman–Crippen MR) is 133 cm³/mol. The first-order chi connectivity index (χ1) is 14.8. The lowest BCUT2D eigenvalue weighted by molar-refractivity contribution is -0.153. The molecule has 5 N–H and O–H groups in total. The molecule has 0 heterocycles. The molecule has 0 aromatic carbocycles. The number of guanidine groups is 1. The summed E-state index contributed by atoms with van der Waals surface area (Å²) in [6.45, 7) is 4.62. The van der Waals surface area contributed by atoms with E-state index in [1.807, 2.05) is 25.9 Å². The van der Waals surface area contributed by atoms with Crippen molar-refractivity contribution < 1.29 is 9.90 Å². The molecule has 6 nitrogen and oxygen atoms in total. The van der Waals surface area contributed by atoms with E-state index >= 15 is 0 Å². The van der Waals surface area contributed by atoms with Gasteiger partial charge in [-0.15, -0.1) is 0 Å². The molecule has 0 radical (unpaired) electrons. The number of nitrogens with two attached hydrogens (primary N) is 1. The number of nitrogens with one attached hydrogen (secondary N) is 2. The maximum atomic E-state index is 12.0. The summed E-state index contributed by atoms with van der Waals surface area (Å²) in [7, 11) is 3.68. The van der Waals surface area contributed by atoms with Crippen molar-refractivity contribution in [2.24, 2.45) is 11.7 Å². The second-order valence-electron chi connectivity index (χ2n) is 9.56. The lowest BCUT2D eigenvalue weighted by Gasteiger charge is -2.39. The van der Waals surface area contributed by atoms with Crippen LogP contribution in [0.1, 0.15) is 117 Å². The molecule has 0 rings (SSSR count). The Morgan fingerprint density at radius 3 is 1.68 bits per heavy atom. The van der Waals surface area contributed by atoms with E-state index in [0.29, 0.717) is 13.0 Å². The Kier molecular flexibility index (Phi) is 17.5. The van der Waals surface area contributed by atoms with E-state index in [1.165, 1.54) is 77.0 Å². The summed E-state index contributed by atoms with van der Waals surface area (Å²) in [6.07, 6.45) is 20.1. The summed E-state index contributed by atoms with van der Waals surface area (Å²) in [6, 6.07) is 0. The molecular formula is C25H52N4O2. The summed E-state index contributed by atoms with van der Waals surface area (Å²) in [5.41, 5.74) is 4.48. The van der Waals surface area contributed by atoms with Gasteiger partial charge in [0.1, 0.15) is 5.54 Å². The molecule has 31 heavy (non-hydrogen) atoms. The first-order valence-electron chi connectivity index (χ1n) is 12.8. The van der Waals surface area contributed by atoms with Crippen LogP contribution in [0.15, 0.2) is 0 Å². The van der Waals surface area contributed by atoms with Crippen LogP contribution in [0.5, 0.6) is 0 Å². The first-order valence-corrected chi connectivity index (χ1v) is 12.8. The minimum absolute atomic E-state index is 0.0178. The van der Waals surface area contributed by atoms with E-state index in [4.69, 9.17) is 11.1 Å². The lowest BCUT2D eigenvalue weighted by Crippen LogP contribution is -2.55. The van der Waals surface area contributed by atoms with Crippen LogP contribution >= 0.6 is 0 Å². The molecular weight excluding hydrogens is 388 g/mol. The average molecular weight is 441 g/mol. The second kappa shape index (κ2) is 18.3. The van der Waals surface area contributed by atoms with Crippen molar-refractivity contribution in [1.82, 2.24) is 10.2 Å². The molecule has 0 saturated heterocycles. The fourth-order valence-electron chi connectivity index (χ4n) is 4.40. The largest absolute Gasteiger partial charge is 0.480 e. The zero-order valence-electron chi connectivity index (χ0n) is 21.0. The van der Waals surface area contributed by atoms with E-state index in [9.17, 15) is 9.90 Å². The molecule has 2 atom stereocenters. The standard InChI is InChI=1S/C25H52N4O2/c1-5-6-7-8-9-10-11-12-13-14-15-16-17-18-19-22(20-21-28-24(26)27)25(2,23(30)31)29(3)4/h22H,5-21H2,1-4H3,(H,30,31)(H4,26,27,28). The second-order valence-corrected chi connectivity index (χ2v) is 9.56. The molecule has 0 aliphatic heterocycles. The number of unbranched alkanes of at least 4 members (excludes halogenated alkanes) is 13. The van der Waals surface area contributed by atoms with Crippen LogP contribution < -0.4 is 11.1 Å². The molecule has 0 bridgehead atoms. The van der Waals surface area contributed by atoms with Gasteiger partial charge in [0.05, 0.1) is 0 Å². The van der Waals surface area contributed by atoms with Gasteiger partial charge >= 0.3 is 5.97 Å². The minimum Gasteiger partial charge on any atom is -0.480 e. The van der Waals surface area contributed by atoms with Crippen molar-refractivity contribution in [3.05, 3.63) is 0 Å². The molecule has 0 spiro atoms. The van der Waals surface area contributed by atoms with Gasteiger partial charge in [0.25, 0.3) is 0 Å². The van der Waals surface area contributed by atoms with Gasteiger partial charge in [0, 0.05) is 6.54 Å². The zero-order chi connectivity index (χ0) is 23.5. The third-order valence-corrected chi connectivity index (χ3v) is 6.87. The number of hydrogen-bond donors (Lipinski definition) is 4. The van der Waals surface area contributed by atoms with Gasteiger partial charge in [-0.2, -0.15) is 0 Å². The first kappa shape index (κ1) is 29.7. The van der Waals surface area contributed by atoms with Crippen molar-refractivity contribution in [3.8, 4) is 0 Å². The molecule has 0 amide bonds. The number of carbonyl (C=O) groups is 1. The van der Waals surface area contributed by atoms with E-state index in [-0.39, 0.29) is 11.9 Å². The van der Waals surface area contributed by atoms with Crippen molar-refractivity contribution >= 4 is 11.9 Å². The van der Waals surface area contributed by atoms with E-state index in [0.717, 1.165) is 19.3 Å². The zero-order valence-corrected chi connectivity index (χ0v) is 21.0. The van der Waals surface area contributed by atoms with Gasteiger partial charge in [0.15, 0.2) is 5.96 Å². The molecule has 0 aromatic heterocycles. The number of hydrogen-bond acceptors (Lipinski definition) is 3. The quantitative estimate of drug-likeness (QED) is 0.103. The molecule has 0 aliphatic rings. The number of likely N-dealkylation sites (N-methyl/N-ethyl adjacent to an activating group) is 1. The van der Waals surface area contributed by atoms with Gasteiger partial charge in [-0.1, -0.05) is 96.8 Å². The highest BCUT2D eigenvalue weighted by Gasteiger charge is 2.42. The average Bonchev–Trinajstić information content (AvgIpc) is 2.71. The van der Waals surface area contributed by atoms with E-state index in [1.54, 1.807) is 0 Å². The van der Waals surface area contributed by atoms with Crippen molar-refractivity contribution in [2.75, 3.05) is 20.6 Å². The Hall–Kier alpha value is -1.30. The maximum Gasteiger partial charge on any atom is 0.324 e. The summed E-state index contributed by atoms with van der Waals surface area (Å²) >= 11 is 0. The summed E-state index contributed by atoms with van der Waals surface area (Å²) in [5.74, 6) is -0.822. The monoisotopic (exact) mass is 440 g/mol. The van der Waals surface area contributed by atoms with Gasteiger partial charge in [-0.25, -0.2) is 0 Å². The van der Waals surface area contributed by atoms with Crippen molar-refractivity contribution in [3.63, 3.8) is 0 Å². The third kappa shape index (κ3) is 13.7. The number of carboxylic acids is 1. The summed E-state index contributed by atoms with van der Waals surface area (Å²) < 4.78 is 0. The maximum absolute atomic E-state index is 12.0. The van der Waals surface area contributed by atoms with Gasteiger partial charge in [-0.05, 0) is 39.8 Å². The SMILES string of the molecule is CCCCCCCCCCCCCCCCC(CCNC(=N)N)C(C)(C(=O)O)N(C)C. The van der Waals surface area contributed by atoms with Gasteiger partial charge in [-0.3, -0.25) is 15.1 Å². The van der Waals surface area contributed by atoms with Crippen LogP contribution in [0.3, 0.4) is 0 Å². The number of aliphatic carboxylic acids is 1. The van der Waals surface area contributed by atoms with E-state index < -0.39 is 11.5 Å². The highest BCUT2D eigenvalue weighted by Crippen LogP contribution is 2.31. The van der Waals surface area contributed by atoms with Crippen LogP contribution in [0.4, 0.5) is 0 Å². The third-order valence-electron chi connectivity index (χ3n) is 6.87. The predicted octanol–water partition coefficient (Wildman–Crippen LogP) is 5.75. The molecule has 184 valence electrons. The minimum atomic E-state index is -0.908. The van der Waals surface area contributed by atoms with Crippen LogP contribution in [-0.4, -0.2) is 48.1 Å². The van der Waals surface area contributed by atoms with E-state index in [2.05, 4.69) is 12.2 Å². The van der Waals surface area contributed by atoms with Gasteiger partial charge in [0.2, 0.25) is 0 Å². The van der Waals surface area contributed by atoms with Crippen LogP contribution in [0.25, 0.3) is 0 Å². The highest BCUT2D eigenvalue weighted by atomic mass is 16.4. The Balaban J connectivity index is 4.04. The molecule has 2 unspecified atom stereocenters. The number of carboxylic acid groups (broad SMARTS) is 1. The van der Waals surface area contributed by atoms with Crippen molar-refractivity contribution in [2.45, 2.75) is 122 Å². The summed E-state index contributed by atoms with van der Waals surface area (Å²) in [4.78, 5) is 13.8. The Bertz CT molecular complexity index is 470. The smallest absolute Gasteiger partial charge is 0.324 e. The lowest BCUT2D eigenvalue weighted by atomic mass is 9.78. The molecule has 0 saturated carbocycles.